The Labute approximate surface area is 199 Å². The van der Waals surface area contributed by atoms with Gasteiger partial charge in [0.1, 0.15) is 11.5 Å². The molecule has 0 bridgehead atoms. The molecule has 3 aromatic rings. The molecule has 0 fully saturated rings. The number of carbonyl (C=O) groups is 2. The fourth-order valence-corrected chi connectivity index (χ4v) is 4.29. The first-order chi connectivity index (χ1) is 16.3. The molecule has 0 atom stereocenters. The van der Waals surface area contributed by atoms with Gasteiger partial charge in [0.15, 0.2) is 0 Å². The summed E-state index contributed by atoms with van der Waals surface area (Å²) in [5.41, 5.74) is 5.04. The number of imide groups is 1. The van der Waals surface area contributed by atoms with Crippen LogP contribution in [0, 0.1) is 19.7 Å². The third-order valence-electron chi connectivity index (χ3n) is 6.08. The average molecular weight is 458 g/mol. The van der Waals surface area contributed by atoms with Gasteiger partial charge in [0.05, 0.1) is 11.3 Å². The van der Waals surface area contributed by atoms with Crippen molar-refractivity contribution in [3.8, 4) is 0 Å². The Kier molecular flexibility index (Phi) is 6.50. The highest BCUT2D eigenvalue weighted by Crippen LogP contribution is 2.35. The highest BCUT2D eigenvalue weighted by atomic mass is 19.1. The molecule has 174 valence electrons. The lowest BCUT2D eigenvalue weighted by atomic mass is 10.0. The van der Waals surface area contributed by atoms with E-state index in [1.54, 1.807) is 6.07 Å². The summed E-state index contributed by atoms with van der Waals surface area (Å²) in [6, 6.07) is 19.0. The highest BCUT2D eigenvalue weighted by Gasteiger charge is 2.40. The molecule has 3 aromatic carbocycles. The van der Waals surface area contributed by atoms with Crippen molar-refractivity contribution in [3.63, 3.8) is 0 Å². The van der Waals surface area contributed by atoms with Gasteiger partial charge in [-0.3, -0.25) is 9.59 Å². The lowest BCUT2D eigenvalue weighted by molar-refractivity contribution is -0.120. The maximum atomic E-state index is 13.6. The van der Waals surface area contributed by atoms with E-state index in [4.69, 9.17) is 0 Å². The highest BCUT2D eigenvalue weighted by molar-refractivity contribution is 6.46. The minimum Gasteiger partial charge on any atom is -0.372 e. The molecule has 4 rings (SSSR count). The fourth-order valence-electron chi connectivity index (χ4n) is 4.29. The third-order valence-corrected chi connectivity index (χ3v) is 6.08. The average Bonchev–Trinajstić information content (AvgIpc) is 3.06. The van der Waals surface area contributed by atoms with Gasteiger partial charge >= 0.3 is 0 Å². The van der Waals surface area contributed by atoms with Crippen LogP contribution in [0.2, 0.25) is 0 Å². The SMILES string of the molecule is CCN(CC)c1ccc(NC2=C(c3ccc(F)cc3)C(=O)N(c3ccc(C)cc3C)C2=O)cc1. The van der Waals surface area contributed by atoms with E-state index in [1.807, 2.05) is 50.2 Å². The smallest absolute Gasteiger partial charge is 0.282 e. The Hall–Kier alpha value is -3.93. The predicted molar refractivity (Wildman–Crippen MR) is 135 cm³/mol. The molecule has 0 radical (unpaired) electrons. The zero-order valence-corrected chi connectivity index (χ0v) is 19.9. The minimum absolute atomic E-state index is 0.173. The second kappa shape index (κ2) is 9.51. The number of aryl methyl sites for hydroxylation is 2. The summed E-state index contributed by atoms with van der Waals surface area (Å²) in [4.78, 5) is 30.6. The zero-order chi connectivity index (χ0) is 24.4. The summed E-state index contributed by atoms with van der Waals surface area (Å²) < 4.78 is 13.6. The molecule has 1 aliphatic rings. The standard InChI is InChI=1S/C28H28FN3O2/c1-5-31(6-2)23-14-12-22(13-15-23)30-26-25(20-8-10-21(29)11-9-20)27(33)32(28(26)34)24-16-7-18(3)17-19(24)4/h7-17,30H,5-6H2,1-4H3. The zero-order valence-electron chi connectivity index (χ0n) is 19.9. The normalized spacial score (nSPS) is 13.6. The van der Waals surface area contributed by atoms with Crippen molar-refractivity contribution >= 4 is 34.4 Å². The van der Waals surface area contributed by atoms with Gasteiger partial charge in [0, 0.05) is 24.5 Å². The molecule has 0 saturated heterocycles. The van der Waals surface area contributed by atoms with E-state index in [1.165, 1.54) is 29.2 Å². The number of carbonyl (C=O) groups excluding carboxylic acids is 2. The molecule has 0 unspecified atom stereocenters. The van der Waals surface area contributed by atoms with Crippen LogP contribution in [0.5, 0.6) is 0 Å². The van der Waals surface area contributed by atoms with Crippen LogP contribution in [0.25, 0.3) is 5.57 Å². The maximum absolute atomic E-state index is 13.6. The van der Waals surface area contributed by atoms with Gasteiger partial charge in [-0.05, 0) is 81.3 Å². The van der Waals surface area contributed by atoms with Gasteiger partial charge in [-0.2, -0.15) is 0 Å². The van der Waals surface area contributed by atoms with E-state index < -0.39 is 17.6 Å². The van der Waals surface area contributed by atoms with E-state index in [-0.39, 0.29) is 11.3 Å². The second-order valence-corrected chi connectivity index (χ2v) is 8.34. The Morgan fingerprint density at radius 3 is 2.09 bits per heavy atom. The Morgan fingerprint density at radius 2 is 1.50 bits per heavy atom. The summed E-state index contributed by atoms with van der Waals surface area (Å²) in [6.07, 6.45) is 0. The van der Waals surface area contributed by atoms with Crippen molar-refractivity contribution in [3.05, 3.63) is 94.9 Å². The number of amides is 2. The van der Waals surface area contributed by atoms with E-state index in [0.29, 0.717) is 16.9 Å². The Balaban J connectivity index is 1.76. The van der Waals surface area contributed by atoms with Gasteiger partial charge in [-0.1, -0.05) is 29.8 Å². The third kappa shape index (κ3) is 4.31. The largest absolute Gasteiger partial charge is 0.372 e. The molecule has 0 spiro atoms. The topological polar surface area (TPSA) is 52.7 Å². The Bertz CT molecular complexity index is 1260. The molecule has 0 aromatic heterocycles. The van der Waals surface area contributed by atoms with Gasteiger partial charge in [-0.15, -0.1) is 0 Å². The molecule has 1 N–H and O–H groups in total. The fraction of sp³-hybridized carbons (Fsp3) is 0.214. The molecule has 2 amide bonds. The van der Waals surface area contributed by atoms with Crippen molar-refractivity contribution < 1.29 is 14.0 Å². The number of anilines is 3. The quantitative estimate of drug-likeness (QED) is 0.464. The van der Waals surface area contributed by atoms with Crippen molar-refractivity contribution in [2.75, 3.05) is 28.2 Å². The summed E-state index contributed by atoms with van der Waals surface area (Å²) in [6.45, 7) is 9.81. The monoisotopic (exact) mass is 457 g/mol. The minimum atomic E-state index is -0.441. The molecule has 1 aliphatic heterocycles. The van der Waals surface area contributed by atoms with E-state index in [2.05, 4.69) is 24.1 Å². The summed E-state index contributed by atoms with van der Waals surface area (Å²) in [5.74, 6) is -1.29. The molecule has 0 saturated carbocycles. The lowest BCUT2D eigenvalue weighted by Gasteiger charge is -2.21. The van der Waals surface area contributed by atoms with Crippen molar-refractivity contribution in [1.82, 2.24) is 0 Å². The van der Waals surface area contributed by atoms with Crippen LogP contribution in [0.3, 0.4) is 0 Å². The number of hydrogen-bond donors (Lipinski definition) is 1. The van der Waals surface area contributed by atoms with Crippen molar-refractivity contribution in [2.45, 2.75) is 27.7 Å². The van der Waals surface area contributed by atoms with Gasteiger partial charge in [0.2, 0.25) is 0 Å². The number of benzene rings is 3. The first-order valence-electron chi connectivity index (χ1n) is 11.4. The summed E-state index contributed by atoms with van der Waals surface area (Å²) in [5, 5.41) is 3.17. The first-order valence-corrected chi connectivity index (χ1v) is 11.4. The molecule has 6 heteroatoms. The van der Waals surface area contributed by atoms with Crippen molar-refractivity contribution in [1.29, 1.82) is 0 Å². The van der Waals surface area contributed by atoms with Crippen LogP contribution in [-0.2, 0) is 9.59 Å². The molecule has 1 heterocycles. The maximum Gasteiger partial charge on any atom is 0.282 e. The van der Waals surface area contributed by atoms with Gasteiger partial charge in [-0.25, -0.2) is 9.29 Å². The van der Waals surface area contributed by atoms with Crippen LogP contribution < -0.4 is 15.1 Å². The van der Waals surface area contributed by atoms with Gasteiger partial charge in [0.25, 0.3) is 11.8 Å². The molecular weight excluding hydrogens is 429 g/mol. The van der Waals surface area contributed by atoms with Crippen LogP contribution >= 0.6 is 0 Å². The lowest BCUT2D eigenvalue weighted by Crippen LogP contribution is -2.33. The number of halogens is 1. The van der Waals surface area contributed by atoms with E-state index >= 15 is 0 Å². The van der Waals surface area contributed by atoms with Crippen molar-refractivity contribution in [2.24, 2.45) is 0 Å². The number of rotatable bonds is 7. The molecule has 0 aliphatic carbocycles. The second-order valence-electron chi connectivity index (χ2n) is 8.34. The summed E-state index contributed by atoms with van der Waals surface area (Å²) >= 11 is 0. The van der Waals surface area contributed by atoms with Gasteiger partial charge < -0.3 is 10.2 Å². The van der Waals surface area contributed by atoms with Crippen LogP contribution in [0.1, 0.15) is 30.5 Å². The van der Waals surface area contributed by atoms with Crippen LogP contribution in [0.15, 0.2) is 72.4 Å². The van der Waals surface area contributed by atoms with Crippen LogP contribution in [-0.4, -0.2) is 24.9 Å². The number of nitrogens with zero attached hydrogens (tertiary/aromatic N) is 2. The molecular formula is C28H28FN3O2. The number of nitrogens with one attached hydrogen (secondary N) is 1. The Morgan fingerprint density at radius 1 is 0.853 bits per heavy atom. The predicted octanol–water partition coefficient (Wildman–Crippen LogP) is 5.69. The van der Waals surface area contributed by atoms with E-state index in [0.717, 1.165) is 29.9 Å². The number of hydrogen-bond acceptors (Lipinski definition) is 4. The first kappa shape index (κ1) is 23.2. The molecule has 5 nitrogen and oxygen atoms in total. The summed E-state index contributed by atoms with van der Waals surface area (Å²) in [7, 11) is 0. The molecule has 34 heavy (non-hydrogen) atoms. The van der Waals surface area contributed by atoms with E-state index in [9.17, 15) is 14.0 Å². The van der Waals surface area contributed by atoms with Crippen LogP contribution in [0.4, 0.5) is 21.5 Å².